The van der Waals surface area contributed by atoms with Crippen molar-refractivity contribution in [1.82, 2.24) is 10.3 Å². The number of hydrogen-bond acceptors (Lipinski definition) is 4. The molecular weight excluding hydrogens is 418 g/mol. The zero-order valence-corrected chi connectivity index (χ0v) is 16.5. The molecule has 1 heterocycles. The number of carbonyl (C=O) groups is 1. The lowest BCUT2D eigenvalue weighted by Gasteiger charge is -2.07. The molecule has 1 amide bonds. The number of nitrogens with zero attached hydrogens (tertiary/aromatic N) is 1. The fourth-order valence-corrected chi connectivity index (χ4v) is 3.34. The summed E-state index contributed by atoms with van der Waals surface area (Å²) >= 11 is 10.0. The van der Waals surface area contributed by atoms with Crippen molar-refractivity contribution in [3.05, 3.63) is 69.5 Å². The van der Waals surface area contributed by atoms with Gasteiger partial charge in [0.1, 0.15) is 0 Å². The Kier molecular flexibility index (Phi) is 5.57. The van der Waals surface area contributed by atoms with Crippen LogP contribution in [0.25, 0.3) is 11.3 Å². The Labute approximate surface area is 163 Å². The van der Waals surface area contributed by atoms with Crippen LogP contribution in [0.3, 0.4) is 0 Å². The largest absolute Gasteiger partial charge is 0.308 e. The third-order valence-electron chi connectivity index (χ3n) is 3.41. The number of amides is 1. The van der Waals surface area contributed by atoms with Crippen LogP contribution in [0.5, 0.6) is 0 Å². The first-order valence-electron chi connectivity index (χ1n) is 7.42. The van der Waals surface area contributed by atoms with E-state index < -0.39 is 0 Å². The second-order valence-corrected chi connectivity index (χ2v) is 7.50. The van der Waals surface area contributed by atoms with Gasteiger partial charge in [-0.25, -0.2) is 4.98 Å². The number of nitrogens with one attached hydrogen (secondary N) is 2. The van der Waals surface area contributed by atoms with Gasteiger partial charge in [0.15, 0.2) is 10.2 Å². The number of aromatic nitrogens is 1. The number of halogens is 1. The van der Waals surface area contributed by atoms with Crippen molar-refractivity contribution >= 4 is 55.6 Å². The molecule has 126 valence electrons. The summed E-state index contributed by atoms with van der Waals surface area (Å²) in [5.74, 6) is -0.248. The van der Waals surface area contributed by atoms with Gasteiger partial charge >= 0.3 is 0 Å². The number of hydrogen-bond donors (Lipinski definition) is 2. The number of rotatable bonds is 3. The molecular formula is C18H14BrN3OS2. The Morgan fingerprint density at radius 3 is 2.48 bits per heavy atom. The van der Waals surface area contributed by atoms with Crippen molar-refractivity contribution in [3.63, 3.8) is 0 Å². The molecule has 2 aromatic carbocycles. The van der Waals surface area contributed by atoms with Crippen molar-refractivity contribution < 1.29 is 4.79 Å². The van der Waals surface area contributed by atoms with Crippen LogP contribution in [0, 0.1) is 6.92 Å². The maximum absolute atomic E-state index is 12.2. The first-order valence-corrected chi connectivity index (χ1v) is 9.50. The van der Waals surface area contributed by atoms with E-state index in [2.05, 4.69) is 31.5 Å². The number of thiocarbonyl (C=S) groups is 1. The summed E-state index contributed by atoms with van der Waals surface area (Å²) in [4.78, 5) is 16.7. The third-order valence-corrected chi connectivity index (χ3v) is 4.90. The van der Waals surface area contributed by atoms with Gasteiger partial charge in [-0.15, -0.1) is 11.3 Å². The van der Waals surface area contributed by atoms with Gasteiger partial charge in [0.25, 0.3) is 5.91 Å². The van der Waals surface area contributed by atoms with Crippen LogP contribution in [0.15, 0.2) is 58.4 Å². The summed E-state index contributed by atoms with van der Waals surface area (Å²) in [6, 6.07) is 15.2. The maximum Gasteiger partial charge on any atom is 0.257 e. The van der Waals surface area contributed by atoms with E-state index in [0.717, 1.165) is 21.3 Å². The number of benzene rings is 2. The van der Waals surface area contributed by atoms with Gasteiger partial charge in [0.2, 0.25) is 0 Å². The second kappa shape index (κ2) is 7.86. The monoisotopic (exact) mass is 431 g/mol. The Balaban J connectivity index is 1.62. The lowest BCUT2D eigenvalue weighted by molar-refractivity contribution is 0.0978. The summed E-state index contributed by atoms with van der Waals surface area (Å²) in [5.41, 5.74) is 3.53. The highest BCUT2D eigenvalue weighted by Gasteiger charge is 2.10. The normalized spacial score (nSPS) is 10.3. The highest BCUT2D eigenvalue weighted by atomic mass is 79.9. The molecule has 0 bridgehead atoms. The van der Waals surface area contributed by atoms with E-state index in [0.29, 0.717) is 10.7 Å². The van der Waals surface area contributed by atoms with E-state index in [1.807, 2.05) is 48.7 Å². The summed E-state index contributed by atoms with van der Waals surface area (Å²) in [7, 11) is 0. The van der Waals surface area contributed by atoms with E-state index in [9.17, 15) is 4.79 Å². The molecule has 3 rings (SSSR count). The molecule has 0 unspecified atom stereocenters. The second-order valence-electron chi connectivity index (χ2n) is 5.32. The van der Waals surface area contributed by atoms with Crippen molar-refractivity contribution in [3.8, 4) is 11.3 Å². The molecule has 0 spiro atoms. The Hall–Kier alpha value is -2.09. The van der Waals surface area contributed by atoms with Crippen LogP contribution in [0.2, 0.25) is 0 Å². The van der Waals surface area contributed by atoms with Crippen LogP contribution in [0.4, 0.5) is 5.13 Å². The number of anilines is 1. The van der Waals surface area contributed by atoms with E-state index >= 15 is 0 Å². The average molecular weight is 432 g/mol. The van der Waals surface area contributed by atoms with Crippen LogP contribution in [-0.4, -0.2) is 16.0 Å². The molecule has 0 aliphatic carbocycles. The fraction of sp³-hybridized carbons (Fsp3) is 0.0556. The zero-order chi connectivity index (χ0) is 17.8. The third kappa shape index (κ3) is 4.72. The summed E-state index contributed by atoms with van der Waals surface area (Å²) in [6.45, 7) is 1.97. The smallest absolute Gasteiger partial charge is 0.257 e. The van der Waals surface area contributed by atoms with Crippen molar-refractivity contribution in [2.24, 2.45) is 0 Å². The minimum absolute atomic E-state index is 0.224. The maximum atomic E-state index is 12.2. The quantitative estimate of drug-likeness (QED) is 0.572. The average Bonchev–Trinajstić information content (AvgIpc) is 3.04. The molecule has 2 N–H and O–H groups in total. The summed E-state index contributed by atoms with van der Waals surface area (Å²) in [5, 5.41) is 8.41. The summed E-state index contributed by atoms with van der Waals surface area (Å²) in [6.07, 6.45) is 0. The first-order chi connectivity index (χ1) is 12.0. The van der Waals surface area contributed by atoms with Gasteiger partial charge in [-0.3, -0.25) is 10.1 Å². The van der Waals surface area contributed by atoms with Crippen LogP contribution < -0.4 is 10.6 Å². The van der Waals surface area contributed by atoms with E-state index in [1.165, 1.54) is 11.3 Å². The standard InChI is InChI=1S/C18H14BrN3OS2/c1-11-2-4-13(5-3-11)16(23)21-17(24)22-18-20-15(10-25-18)12-6-8-14(19)9-7-12/h2-10H,1H3,(H2,20,21,22,23,24). The lowest BCUT2D eigenvalue weighted by Crippen LogP contribution is -2.34. The molecule has 4 nitrogen and oxygen atoms in total. The molecule has 25 heavy (non-hydrogen) atoms. The number of thiazole rings is 1. The zero-order valence-electron chi connectivity index (χ0n) is 13.2. The molecule has 0 atom stereocenters. The highest BCUT2D eigenvalue weighted by Crippen LogP contribution is 2.26. The van der Waals surface area contributed by atoms with Gasteiger partial charge < -0.3 is 5.32 Å². The minimum atomic E-state index is -0.248. The van der Waals surface area contributed by atoms with Crippen LogP contribution >= 0.6 is 39.5 Å². The fourth-order valence-electron chi connectivity index (χ4n) is 2.09. The molecule has 3 aromatic rings. The number of carbonyl (C=O) groups excluding carboxylic acids is 1. The molecule has 1 aromatic heterocycles. The van der Waals surface area contributed by atoms with Gasteiger partial charge in [0.05, 0.1) is 5.69 Å². The Morgan fingerprint density at radius 2 is 1.80 bits per heavy atom. The molecule has 0 saturated carbocycles. The molecule has 0 saturated heterocycles. The SMILES string of the molecule is Cc1ccc(C(=O)NC(=S)Nc2nc(-c3ccc(Br)cc3)cs2)cc1. The van der Waals surface area contributed by atoms with Crippen LogP contribution in [0.1, 0.15) is 15.9 Å². The molecule has 0 aliphatic heterocycles. The number of aryl methyl sites for hydroxylation is 1. The van der Waals surface area contributed by atoms with Crippen molar-refractivity contribution in [1.29, 1.82) is 0 Å². The highest BCUT2D eigenvalue weighted by molar-refractivity contribution is 9.10. The van der Waals surface area contributed by atoms with Gasteiger partial charge in [-0.05, 0) is 43.4 Å². The van der Waals surface area contributed by atoms with E-state index in [4.69, 9.17) is 12.2 Å². The van der Waals surface area contributed by atoms with Crippen LogP contribution in [-0.2, 0) is 0 Å². The topological polar surface area (TPSA) is 54.0 Å². The minimum Gasteiger partial charge on any atom is -0.308 e. The van der Waals surface area contributed by atoms with Gasteiger partial charge in [-0.2, -0.15) is 0 Å². The van der Waals surface area contributed by atoms with Gasteiger partial charge in [-0.1, -0.05) is 45.8 Å². The summed E-state index contributed by atoms with van der Waals surface area (Å²) < 4.78 is 1.02. The molecule has 7 heteroatoms. The van der Waals surface area contributed by atoms with Gasteiger partial charge in [0, 0.05) is 21.0 Å². The lowest BCUT2D eigenvalue weighted by atomic mass is 10.1. The van der Waals surface area contributed by atoms with Crippen molar-refractivity contribution in [2.45, 2.75) is 6.92 Å². The molecule has 0 aliphatic rings. The first kappa shape index (κ1) is 17.7. The van der Waals surface area contributed by atoms with Crippen molar-refractivity contribution in [2.75, 3.05) is 5.32 Å². The molecule has 0 radical (unpaired) electrons. The van der Waals surface area contributed by atoms with E-state index in [-0.39, 0.29) is 11.0 Å². The predicted molar refractivity (Wildman–Crippen MR) is 110 cm³/mol. The Bertz CT molecular complexity index is 905. The molecule has 0 fully saturated rings. The predicted octanol–water partition coefficient (Wildman–Crippen LogP) is 5.01. The van der Waals surface area contributed by atoms with E-state index in [1.54, 1.807) is 12.1 Å². The Morgan fingerprint density at radius 1 is 1.12 bits per heavy atom.